The Labute approximate surface area is 228 Å². The van der Waals surface area contributed by atoms with Gasteiger partial charge in [-0.2, -0.15) is 0 Å². The van der Waals surface area contributed by atoms with Gasteiger partial charge in [0.2, 0.25) is 0 Å². The first-order chi connectivity index (χ1) is 17.7. The first kappa shape index (κ1) is 27.9. The van der Waals surface area contributed by atoms with Crippen LogP contribution in [0.2, 0.25) is 0 Å². The molecular formula is C32H48O6. The highest BCUT2D eigenvalue weighted by Gasteiger charge is 2.69. The van der Waals surface area contributed by atoms with E-state index >= 15 is 0 Å². The Morgan fingerprint density at radius 1 is 1.03 bits per heavy atom. The normalized spacial score (nSPS) is 45.1. The molecule has 2 N–H and O–H groups in total. The molecule has 0 heterocycles. The van der Waals surface area contributed by atoms with Crippen LogP contribution in [0.5, 0.6) is 0 Å². The van der Waals surface area contributed by atoms with E-state index in [4.69, 9.17) is 9.47 Å². The molecule has 0 radical (unpaired) electrons. The number of rotatable bonds is 5. The maximum Gasteiger partial charge on any atom is 0.302 e. The topological polar surface area (TPSA) is 93.1 Å². The number of hydrogen-bond acceptors (Lipinski definition) is 6. The predicted molar refractivity (Wildman–Crippen MR) is 145 cm³/mol. The van der Waals surface area contributed by atoms with Crippen molar-refractivity contribution in [3.05, 3.63) is 23.3 Å². The molecule has 6 nitrogen and oxygen atoms in total. The summed E-state index contributed by atoms with van der Waals surface area (Å²) in [5.74, 6) is 1.40. The third-order valence-corrected chi connectivity index (χ3v) is 12.2. The minimum atomic E-state index is -1.23. The smallest absolute Gasteiger partial charge is 0.302 e. The van der Waals surface area contributed by atoms with E-state index in [9.17, 15) is 19.8 Å². The number of aliphatic hydroxyl groups is 2. The third-order valence-electron chi connectivity index (χ3n) is 12.2. The lowest BCUT2D eigenvalue weighted by atomic mass is 9.47. The van der Waals surface area contributed by atoms with Gasteiger partial charge in [0.25, 0.3) is 0 Å². The van der Waals surface area contributed by atoms with E-state index < -0.39 is 16.6 Å². The quantitative estimate of drug-likeness (QED) is 0.457. The largest absolute Gasteiger partial charge is 0.462 e. The fourth-order valence-corrected chi connectivity index (χ4v) is 9.72. The molecule has 212 valence electrons. The summed E-state index contributed by atoms with van der Waals surface area (Å²) in [4.78, 5) is 23.8. The van der Waals surface area contributed by atoms with Crippen molar-refractivity contribution in [2.24, 2.45) is 40.4 Å². The van der Waals surface area contributed by atoms with Crippen molar-refractivity contribution in [2.45, 2.75) is 123 Å². The van der Waals surface area contributed by atoms with Crippen molar-refractivity contribution in [1.29, 1.82) is 0 Å². The Kier molecular flexibility index (Phi) is 6.75. The molecule has 1 spiro atoms. The summed E-state index contributed by atoms with van der Waals surface area (Å²) in [6.45, 7) is 14.0. The van der Waals surface area contributed by atoms with Crippen LogP contribution >= 0.6 is 0 Å². The van der Waals surface area contributed by atoms with Gasteiger partial charge in [-0.05, 0) is 85.5 Å². The summed E-state index contributed by atoms with van der Waals surface area (Å²) >= 11 is 0. The molecule has 38 heavy (non-hydrogen) atoms. The average molecular weight is 529 g/mol. The molecule has 5 rings (SSSR count). The van der Waals surface area contributed by atoms with E-state index in [2.05, 4.69) is 27.7 Å². The summed E-state index contributed by atoms with van der Waals surface area (Å²) in [6.07, 6.45) is 9.58. The first-order valence-electron chi connectivity index (χ1n) is 14.9. The van der Waals surface area contributed by atoms with Crippen molar-refractivity contribution in [3.63, 3.8) is 0 Å². The summed E-state index contributed by atoms with van der Waals surface area (Å²) in [5.41, 5.74) is -0.667. The Morgan fingerprint density at radius 3 is 2.37 bits per heavy atom. The van der Waals surface area contributed by atoms with Gasteiger partial charge >= 0.3 is 11.9 Å². The number of carbonyl (C=O) groups excluding carboxylic acids is 2. The van der Waals surface area contributed by atoms with Crippen LogP contribution in [0, 0.1) is 40.4 Å². The minimum absolute atomic E-state index is 0.0197. The molecule has 0 bridgehead atoms. The van der Waals surface area contributed by atoms with Gasteiger partial charge in [0.05, 0.1) is 11.2 Å². The van der Waals surface area contributed by atoms with Crippen molar-refractivity contribution >= 4 is 11.9 Å². The van der Waals surface area contributed by atoms with Crippen LogP contribution in [-0.2, 0) is 19.1 Å². The van der Waals surface area contributed by atoms with Crippen LogP contribution < -0.4 is 0 Å². The van der Waals surface area contributed by atoms with Crippen LogP contribution in [0.4, 0.5) is 0 Å². The van der Waals surface area contributed by atoms with E-state index in [1.807, 2.05) is 19.1 Å². The lowest BCUT2D eigenvalue weighted by Gasteiger charge is -2.62. The third kappa shape index (κ3) is 3.79. The summed E-state index contributed by atoms with van der Waals surface area (Å²) < 4.78 is 11.5. The molecule has 0 aromatic rings. The molecule has 0 aromatic carbocycles. The van der Waals surface area contributed by atoms with E-state index in [0.29, 0.717) is 49.4 Å². The second-order valence-corrected chi connectivity index (χ2v) is 14.0. The van der Waals surface area contributed by atoms with Crippen LogP contribution in [0.3, 0.4) is 0 Å². The SMILES string of the molecule is CC(=O)OC1CCC2(C)C(O)(C=CC3=C4CCC5C(C)C(C(OC(C)=O)C(C)C(C)C)CC45CCC32O)C1. The molecule has 5 aliphatic rings. The van der Waals surface area contributed by atoms with Crippen molar-refractivity contribution in [2.75, 3.05) is 0 Å². The number of allylic oxidation sites excluding steroid dienone is 1. The molecule has 3 fully saturated rings. The monoisotopic (exact) mass is 528 g/mol. The maximum absolute atomic E-state index is 12.5. The Bertz CT molecular complexity index is 1060. The van der Waals surface area contributed by atoms with Gasteiger partial charge in [-0.1, -0.05) is 52.3 Å². The fourth-order valence-electron chi connectivity index (χ4n) is 9.72. The number of fused-ring (bicyclic) bond motifs is 3. The van der Waals surface area contributed by atoms with Gasteiger partial charge in [-0.15, -0.1) is 0 Å². The standard InChI is InChI=1S/C32H48O6/c1-18(2)19(3)28(38-22(6)34)24-17-30-14-15-32(36)27(26(30)9-8-25(30)20(24)4)11-13-31(35)16-23(37-21(5)33)10-12-29(31,32)7/h11,13,18-20,23-25,28,35-36H,8-10,12,14-17H2,1-7H3. The fraction of sp³-hybridized carbons (Fsp3) is 0.812. The van der Waals surface area contributed by atoms with E-state index in [1.54, 1.807) is 0 Å². The average Bonchev–Trinajstić information content (AvgIpc) is 3.32. The predicted octanol–water partition coefficient (Wildman–Crippen LogP) is 5.51. The second kappa shape index (κ2) is 9.19. The highest BCUT2D eigenvalue weighted by Crippen LogP contribution is 2.71. The van der Waals surface area contributed by atoms with Crippen molar-refractivity contribution in [3.8, 4) is 0 Å². The molecule has 0 amide bonds. The molecule has 10 atom stereocenters. The Morgan fingerprint density at radius 2 is 1.74 bits per heavy atom. The Balaban J connectivity index is 1.53. The molecule has 6 heteroatoms. The van der Waals surface area contributed by atoms with Gasteiger partial charge in [-0.25, -0.2) is 0 Å². The van der Waals surface area contributed by atoms with E-state index in [1.165, 1.54) is 19.4 Å². The van der Waals surface area contributed by atoms with Crippen LogP contribution in [0.1, 0.15) is 99.8 Å². The molecule has 10 unspecified atom stereocenters. The molecular weight excluding hydrogens is 480 g/mol. The second-order valence-electron chi connectivity index (χ2n) is 14.0. The molecule has 0 saturated heterocycles. The number of ether oxygens (including phenoxy) is 2. The zero-order chi connectivity index (χ0) is 27.8. The maximum atomic E-state index is 12.5. The van der Waals surface area contributed by atoms with Gasteiger partial charge < -0.3 is 19.7 Å². The summed E-state index contributed by atoms with van der Waals surface area (Å²) in [6, 6.07) is 0. The molecule has 0 aromatic heterocycles. The van der Waals surface area contributed by atoms with Crippen LogP contribution in [-0.4, -0.2) is 45.6 Å². The molecule has 3 saturated carbocycles. The lowest BCUT2D eigenvalue weighted by Crippen LogP contribution is -2.66. The van der Waals surface area contributed by atoms with Crippen molar-refractivity contribution < 1.29 is 29.3 Å². The van der Waals surface area contributed by atoms with Gasteiger partial charge in [0.1, 0.15) is 12.2 Å². The zero-order valence-corrected chi connectivity index (χ0v) is 24.4. The minimum Gasteiger partial charge on any atom is -0.462 e. The van der Waals surface area contributed by atoms with E-state index in [-0.39, 0.29) is 35.5 Å². The van der Waals surface area contributed by atoms with Crippen molar-refractivity contribution in [1.82, 2.24) is 0 Å². The summed E-state index contributed by atoms with van der Waals surface area (Å²) in [7, 11) is 0. The van der Waals surface area contributed by atoms with E-state index in [0.717, 1.165) is 31.3 Å². The van der Waals surface area contributed by atoms with Crippen LogP contribution in [0.15, 0.2) is 23.3 Å². The van der Waals surface area contributed by atoms with Gasteiger partial charge in [-0.3, -0.25) is 9.59 Å². The number of carbonyl (C=O) groups is 2. The molecule has 5 aliphatic carbocycles. The highest BCUT2D eigenvalue weighted by atomic mass is 16.5. The number of esters is 2. The molecule has 0 aliphatic heterocycles. The highest BCUT2D eigenvalue weighted by molar-refractivity contribution is 5.66. The first-order valence-corrected chi connectivity index (χ1v) is 14.9. The van der Waals surface area contributed by atoms with Gasteiger partial charge in [0, 0.05) is 25.7 Å². The van der Waals surface area contributed by atoms with Gasteiger partial charge in [0.15, 0.2) is 0 Å². The number of hydrogen-bond donors (Lipinski definition) is 2. The van der Waals surface area contributed by atoms with Crippen LogP contribution in [0.25, 0.3) is 0 Å². The summed E-state index contributed by atoms with van der Waals surface area (Å²) in [5, 5.41) is 24.4. The zero-order valence-electron chi connectivity index (χ0n) is 24.4. The lowest BCUT2D eigenvalue weighted by molar-refractivity contribution is -0.204. The Hall–Kier alpha value is -1.66.